The van der Waals surface area contributed by atoms with Gasteiger partial charge in [-0.1, -0.05) is 60.7 Å². The molecule has 0 fully saturated rings. The Morgan fingerprint density at radius 2 is 1.32 bits per heavy atom. The molecule has 98 valence electrons. The van der Waals surface area contributed by atoms with Crippen molar-refractivity contribution in [2.75, 3.05) is 0 Å². The molecule has 2 nitrogen and oxygen atoms in total. The van der Waals surface area contributed by atoms with Gasteiger partial charge in [-0.25, -0.2) is 4.79 Å². The monoisotopic (exact) mass is 272 g/mol. The Labute approximate surface area is 115 Å². The highest BCUT2D eigenvalue weighted by Gasteiger charge is 2.24. The highest BCUT2D eigenvalue weighted by molar-refractivity contribution is 7.87. The molecule has 0 atom stereocenters. The quantitative estimate of drug-likeness (QED) is 0.794. The Balaban J connectivity index is 2.37. The van der Waals surface area contributed by atoms with Gasteiger partial charge in [-0.15, -0.1) is 0 Å². The van der Waals surface area contributed by atoms with Gasteiger partial charge in [0.15, 0.2) is 0 Å². The zero-order chi connectivity index (χ0) is 13.7. The molecule has 0 aliphatic heterocycles. The number of rotatable bonds is 4. The molecule has 19 heavy (non-hydrogen) atoms. The van der Waals surface area contributed by atoms with Crippen molar-refractivity contribution in [2.45, 2.75) is 20.0 Å². The fraction of sp³-hybridized carbons (Fsp3) is 0.188. The minimum absolute atomic E-state index is 0.0927. The minimum atomic E-state index is -1.11. The number of carbonyl (C=O) groups excluding carboxylic acids is 1. The molecular formula is C16H17O2P. The van der Waals surface area contributed by atoms with Crippen LogP contribution in [0.3, 0.4) is 0 Å². The smallest absolute Gasteiger partial charge is 0.335 e. The largest absolute Gasteiger partial charge is 0.459 e. The molecule has 0 saturated carbocycles. The topological polar surface area (TPSA) is 26.3 Å². The first kappa shape index (κ1) is 13.8. The van der Waals surface area contributed by atoms with Gasteiger partial charge in [-0.3, -0.25) is 0 Å². The molecule has 2 aromatic rings. The third kappa shape index (κ3) is 3.65. The fourth-order valence-electron chi connectivity index (χ4n) is 1.77. The summed E-state index contributed by atoms with van der Waals surface area (Å²) in [6.45, 7) is 3.75. The lowest BCUT2D eigenvalue weighted by Gasteiger charge is -2.18. The number of hydrogen-bond donors (Lipinski definition) is 0. The normalized spacial score (nSPS) is 10.7. The van der Waals surface area contributed by atoms with Crippen LogP contribution in [-0.4, -0.2) is 11.8 Å². The second-order valence-electron chi connectivity index (χ2n) is 4.44. The van der Waals surface area contributed by atoms with E-state index in [4.69, 9.17) is 4.74 Å². The van der Waals surface area contributed by atoms with Crippen LogP contribution in [0.15, 0.2) is 60.7 Å². The number of ether oxygens (including phenoxy) is 1. The molecule has 0 saturated heterocycles. The summed E-state index contributed by atoms with van der Waals surface area (Å²) in [5.41, 5.74) is -0.137. The van der Waals surface area contributed by atoms with Gasteiger partial charge < -0.3 is 4.74 Å². The molecular weight excluding hydrogens is 255 g/mol. The Kier molecular flexibility index (Phi) is 4.70. The maximum atomic E-state index is 12.4. The second-order valence-corrected chi connectivity index (χ2v) is 6.51. The van der Waals surface area contributed by atoms with Crippen molar-refractivity contribution in [1.29, 1.82) is 0 Å². The molecule has 0 amide bonds. The average Bonchev–Trinajstić information content (AvgIpc) is 2.40. The van der Waals surface area contributed by atoms with E-state index in [0.29, 0.717) is 0 Å². The van der Waals surface area contributed by atoms with Crippen LogP contribution >= 0.6 is 7.92 Å². The van der Waals surface area contributed by atoms with Crippen LogP contribution < -0.4 is 10.6 Å². The lowest BCUT2D eigenvalue weighted by molar-refractivity contribution is 0.142. The molecule has 0 N–H and O–H groups in total. The summed E-state index contributed by atoms with van der Waals surface area (Å²) in [4.78, 5) is 12.4. The van der Waals surface area contributed by atoms with Crippen molar-refractivity contribution in [2.24, 2.45) is 0 Å². The van der Waals surface area contributed by atoms with Crippen molar-refractivity contribution in [1.82, 2.24) is 0 Å². The molecule has 0 spiro atoms. The highest BCUT2D eigenvalue weighted by atomic mass is 31.1. The molecule has 0 aromatic heterocycles. The summed E-state index contributed by atoms with van der Waals surface area (Å²) >= 11 is 0. The van der Waals surface area contributed by atoms with E-state index < -0.39 is 7.92 Å². The summed E-state index contributed by atoms with van der Waals surface area (Å²) in [5, 5.41) is 2.05. The fourth-order valence-corrected chi connectivity index (χ4v) is 3.74. The van der Waals surface area contributed by atoms with Gasteiger partial charge in [0.05, 0.1) is 14.0 Å². The van der Waals surface area contributed by atoms with Gasteiger partial charge in [0.1, 0.15) is 0 Å². The second kappa shape index (κ2) is 6.49. The molecule has 2 rings (SSSR count). The van der Waals surface area contributed by atoms with Crippen LogP contribution in [0.25, 0.3) is 0 Å². The molecule has 2 aromatic carbocycles. The third-order valence-electron chi connectivity index (χ3n) is 2.55. The molecule has 0 heterocycles. The van der Waals surface area contributed by atoms with Crippen molar-refractivity contribution in [3.05, 3.63) is 60.7 Å². The van der Waals surface area contributed by atoms with Crippen molar-refractivity contribution < 1.29 is 9.53 Å². The van der Waals surface area contributed by atoms with E-state index in [9.17, 15) is 4.79 Å². The first-order valence-electron chi connectivity index (χ1n) is 6.29. The van der Waals surface area contributed by atoms with Crippen LogP contribution in [0.4, 0.5) is 4.79 Å². The predicted octanol–water partition coefficient (Wildman–Crippen LogP) is 3.66. The van der Waals surface area contributed by atoms with Crippen molar-refractivity contribution in [3.8, 4) is 0 Å². The Morgan fingerprint density at radius 3 is 1.68 bits per heavy atom. The summed E-state index contributed by atoms with van der Waals surface area (Å²) in [6, 6.07) is 19.7. The van der Waals surface area contributed by atoms with Crippen LogP contribution in [-0.2, 0) is 4.74 Å². The number of hydrogen-bond acceptors (Lipinski definition) is 2. The predicted molar refractivity (Wildman–Crippen MR) is 80.7 cm³/mol. The first-order chi connectivity index (χ1) is 9.18. The molecule has 0 aliphatic carbocycles. The molecule has 0 unspecified atom stereocenters. The highest BCUT2D eigenvalue weighted by Crippen LogP contribution is 2.36. The molecule has 0 bridgehead atoms. The summed E-state index contributed by atoms with van der Waals surface area (Å²) in [5.74, 6) is 0. The van der Waals surface area contributed by atoms with Gasteiger partial charge in [0, 0.05) is 0 Å². The van der Waals surface area contributed by atoms with Gasteiger partial charge >= 0.3 is 5.71 Å². The van der Waals surface area contributed by atoms with Gasteiger partial charge in [-0.2, -0.15) is 0 Å². The summed E-state index contributed by atoms with van der Waals surface area (Å²) in [6.07, 6.45) is -0.0927. The average molecular weight is 272 g/mol. The first-order valence-corrected chi connectivity index (χ1v) is 7.63. The van der Waals surface area contributed by atoms with Crippen LogP contribution in [0.2, 0.25) is 0 Å². The van der Waals surface area contributed by atoms with E-state index >= 15 is 0 Å². The zero-order valence-electron chi connectivity index (χ0n) is 11.1. The third-order valence-corrected chi connectivity index (χ3v) is 4.65. The van der Waals surface area contributed by atoms with E-state index in [1.54, 1.807) is 0 Å². The zero-order valence-corrected chi connectivity index (χ0v) is 12.0. The van der Waals surface area contributed by atoms with Gasteiger partial charge in [0.25, 0.3) is 0 Å². The molecule has 3 heteroatoms. The maximum absolute atomic E-state index is 12.4. The minimum Gasteiger partial charge on any atom is -0.459 e. The lowest BCUT2D eigenvalue weighted by Crippen LogP contribution is -2.20. The van der Waals surface area contributed by atoms with E-state index in [1.807, 2.05) is 74.5 Å². The van der Waals surface area contributed by atoms with E-state index in [0.717, 1.165) is 10.6 Å². The maximum Gasteiger partial charge on any atom is 0.335 e. The van der Waals surface area contributed by atoms with Crippen molar-refractivity contribution in [3.63, 3.8) is 0 Å². The van der Waals surface area contributed by atoms with Crippen LogP contribution in [0.1, 0.15) is 13.8 Å². The Hall–Kier alpha value is -1.66. The van der Waals surface area contributed by atoms with E-state index in [1.165, 1.54) is 0 Å². The van der Waals surface area contributed by atoms with Gasteiger partial charge in [0.2, 0.25) is 0 Å². The van der Waals surface area contributed by atoms with Crippen molar-refractivity contribution >= 4 is 24.2 Å². The Morgan fingerprint density at radius 1 is 0.895 bits per heavy atom. The molecule has 0 radical (unpaired) electrons. The summed E-state index contributed by atoms with van der Waals surface area (Å²) < 4.78 is 5.41. The SMILES string of the molecule is CC(C)OC(=O)P(c1ccccc1)c1ccccc1. The van der Waals surface area contributed by atoms with Crippen LogP contribution in [0, 0.1) is 0 Å². The lowest BCUT2D eigenvalue weighted by atomic mass is 10.4. The molecule has 0 aliphatic rings. The summed E-state index contributed by atoms with van der Waals surface area (Å²) in [7, 11) is -1.11. The van der Waals surface area contributed by atoms with E-state index in [2.05, 4.69) is 0 Å². The number of carbonyl (C=O) groups is 1. The standard InChI is InChI=1S/C16H17O2P/c1-13(2)18-16(17)19(14-9-5-3-6-10-14)15-11-7-4-8-12-15/h3-13H,1-2H3. The number of benzene rings is 2. The van der Waals surface area contributed by atoms with Gasteiger partial charge in [-0.05, 0) is 24.5 Å². The van der Waals surface area contributed by atoms with E-state index in [-0.39, 0.29) is 11.8 Å². The van der Waals surface area contributed by atoms with Crippen LogP contribution in [0.5, 0.6) is 0 Å². The Bertz CT molecular complexity index is 483.